The van der Waals surface area contributed by atoms with E-state index in [2.05, 4.69) is 5.32 Å². The number of likely N-dealkylation sites (N-methyl/N-ethyl adjacent to an activating group) is 1. The van der Waals surface area contributed by atoms with Gasteiger partial charge in [-0.25, -0.2) is 17.2 Å². The molecule has 1 heterocycles. The maximum atomic E-state index is 12.0. The van der Waals surface area contributed by atoms with Crippen molar-refractivity contribution in [2.75, 3.05) is 38.2 Å². The first kappa shape index (κ1) is 13.8. The molecule has 0 aromatic heterocycles. The van der Waals surface area contributed by atoms with Crippen molar-refractivity contribution in [1.82, 2.24) is 10.2 Å². The highest BCUT2D eigenvalue weighted by atomic mass is 32.2. The maximum absolute atomic E-state index is 12.0. The van der Waals surface area contributed by atoms with Gasteiger partial charge in [0.1, 0.15) is 0 Å². The number of hydrogen-bond donors (Lipinski definition) is 1. The van der Waals surface area contributed by atoms with Crippen LogP contribution >= 0.6 is 0 Å². The van der Waals surface area contributed by atoms with Crippen molar-refractivity contribution in [2.45, 2.75) is 18.9 Å². The predicted molar refractivity (Wildman–Crippen MR) is 58.6 cm³/mol. The third kappa shape index (κ3) is 5.18. The van der Waals surface area contributed by atoms with Crippen molar-refractivity contribution in [1.29, 1.82) is 0 Å². The molecule has 0 spiro atoms. The summed E-state index contributed by atoms with van der Waals surface area (Å²) < 4.78 is 46.2. The summed E-state index contributed by atoms with van der Waals surface area (Å²) in [6.07, 6.45) is -1.70. The van der Waals surface area contributed by atoms with E-state index >= 15 is 0 Å². The number of nitrogens with zero attached hydrogens (tertiary/aromatic N) is 1. The van der Waals surface area contributed by atoms with Crippen molar-refractivity contribution in [3.8, 4) is 0 Å². The molecule has 0 saturated carbocycles. The first-order valence-corrected chi connectivity index (χ1v) is 7.12. The Kier molecular flexibility index (Phi) is 5.07. The molecule has 1 unspecified atom stereocenters. The van der Waals surface area contributed by atoms with Gasteiger partial charge in [-0.1, -0.05) is 0 Å². The Bertz CT molecular complexity index is 309. The summed E-state index contributed by atoms with van der Waals surface area (Å²) in [5.41, 5.74) is 0. The van der Waals surface area contributed by atoms with Crippen molar-refractivity contribution >= 4 is 9.84 Å². The smallest absolute Gasteiger partial charge is 0.251 e. The molecule has 0 bridgehead atoms. The van der Waals surface area contributed by atoms with E-state index in [4.69, 9.17) is 0 Å². The van der Waals surface area contributed by atoms with Crippen LogP contribution < -0.4 is 5.32 Å². The van der Waals surface area contributed by atoms with Crippen LogP contribution in [0.3, 0.4) is 0 Å². The average Bonchev–Trinajstić information content (AvgIpc) is 2.44. The third-order valence-corrected chi connectivity index (χ3v) is 4.38. The zero-order chi connectivity index (χ0) is 12.2. The van der Waals surface area contributed by atoms with E-state index < -0.39 is 16.3 Å². The molecular weight excluding hydrogens is 238 g/mol. The molecule has 1 fully saturated rings. The molecule has 0 amide bonds. The van der Waals surface area contributed by atoms with Crippen molar-refractivity contribution in [3.63, 3.8) is 0 Å². The highest BCUT2D eigenvalue weighted by Gasteiger charge is 2.27. The average molecular weight is 256 g/mol. The fourth-order valence-electron chi connectivity index (χ4n) is 1.74. The molecule has 1 saturated heterocycles. The van der Waals surface area contributed by atoms with Gasteiger partial charge in [-0.15, -0.1) is 0 Å². The number of alkyl halides is 2. The molecule has 4 nitrogen and oxygen atoms in total. The van der Waals surface area contributed by atoms with E-state index in [1.54, 1.807) is 7.05 Å². The molecule has 96 valence electrons. The normalized spacial score (nSPS) is 24.4. The minimum atomic E-state index is -2.86. The molecule has 1 rings (SSSR count). The topological polar surface area (TPSA) is 49.4 Å². The van der Waals surface area contributed by atoms with Crippen LogP contribution in [0.15, 0.2) is 0 Å². The monoisotopic (exact) mass is 256 g/mol. The zero-order valence-electron chi connectivity index (χ0n) is 9.33. The van der Waals surface area contributed by atoms with Gasteiger partial charge >= 0.3 is 0 Å². The largest absolute Gasteiger partial charge is 0.312 e. The summed E-state index contributed by atoms with van der Waals surface area (Å²) in [7, 11) is -1.24. The van der Waals surface area contributed by atoms with Crippen LogP contribution in [0.2, 0.25) is 0 Å². The maximum Gasteiger partial charge on any atom is 0.251 e. The highest BCUT2D eigenvalue weighted by Crippen LogP contribution is 2.10. The second-order valence-corrected chi connectivity index (χ2v) is 6.44. The minimum absolute atomic E-state index is 0.00931. The minimum Gasteiger partial charge on any atom is -0.312 e. The van der Waals surface area contributed by atoms with E-state index in [1.165, 1.54) is 4.90 Å². The first-order chi connectivity index (χ1) is 7.39. The summed E-state index contributed by atoms with van der Waals surface area (Å²) in [5, 5.41) is 3.08. The van der Waals surface area contributed by atoms with Gasteiger partial charge < -0.3 is 5.32 Å². The van der Waals surface area contributed by atoms with Gasteiger partial charge in [-0.3, -0.25) is 4.90 Å². The Morgan fingerprint density at radius 2 is 2.19 bits per heavy atom. The summed E-state index contributed by atoms with van der Waals surface area (Å²) in [6, 6.07) is -0.00931. The molecule has 1 aliphatic rings. The lowest BCUT2D eigenvalue weighted by molar-refractivity contribution is 0.100. The molecule has 1 N–H and O–H groups in total. The van der Waals surface area contributed by atoms with Gasteiger partial charge in [0.15, 0.2) is 9.84 Å². The third-order valence-electron chi connectivity index (χ3n) is 2.61. The Morgan fingerprint density at radius 1 is 1.50 bits per heavy atom. The highest BCUT2D eigenvalue weighted by molar-refractivity contribution is 7.91. The second-order valence-electron chi connectivity index (χ2n) is 4.21. The van der Waals surface area contributed by atoms with Crippen LogP contribution in [0.25, 0.3) is 0 Å². The SMILES string of the molecule is CN(CCNC1CCS(=O)(=O)C1)CC(F)F. The van der Waals surface area contributed by atoms with Crippen LogP contribution in [0.1, 0.15) is 6.42 Å². The summed E-state index contributed by atoms with van der Waals surface area (Å²) in [5.74, 6) is 0.406. The molecule has 0 aliphatic carbocycles. The van der Waals surface area contributed by atoms with Crippen molar-refractivity contribution < 1.29 is 17.2 Å². The zero-order valence-corrected chi connectivity index (χ0v) is 10.1. The Morgan fingerprint density at radius 3 is 2.69 bits per heavy atom. The molecule has 16 heavy (non-hydrogen) atoms. The van der Waals surface area contributed by atoms with Gasteiger partial charge in [0.25, 0.3) is 6.43 Å². The van der Waals surface area contributed by atoms with Crippen LogP contribution in [0, 0.1) is 0 Å². The van der Waals surface area contributed by atoms with Crippen molar-refractivity contribution in [3.05, 3.63) is 0 Å². The second kappa shape index (κ2) is 5.88. The van der Waals surface area contributed by atoms with Crippen molar-refractivity contribution in [2.24, 2.45) is 0 Å². The number of rotatable bonds is 6. The lowest BCUT2D eigenvalue weighted by Crippen LogP contribution is -2.37. The number of hydrogen-bond acceptors (Lipinski definition) is 4. The molecule has 7 heteroatoms. The summed E-state index contributed by atoms with van der Waals surface area (Å²) in [6.45, 7) is 0.801. The van der Waals surface area contributed by atoms with Gasteiger partial charge in [0, 0.05) is 19.1 Å². The van der Waals surface area contributed by atoms with E-state index in [0.29, 0.717) is 19.5 Å². The lowest BCUT2D eigenvalue weighted by atomic mass is 10.2. The fourth-order valence-corrected chi connectivity index (χ4v) is 3.45. The van der Waals surface area contributed by atoms with E-state index in [1.807, 2.05) is 0 Å². The Labute approximate surface area is 94.9 Å². The number of halogens is 2. The van der Waals surface area contributed by atoms with Crippen LogP contribution in [-0.2, 0) is 9.84 Å². The van der Waals surface area contributed by atoms with E-state index in [-0.39, 0.29) is 24.1 Å². The molecule has 1 atom stereocenters. The summed E-state index contributed by atoms with van der Waals surface area (Å²) in [4.78, 5) is 1.53. The lowest BCUT2D eigenvalue weighted by Gasteiger charge is -2.17. The summed E-state index contributed by atoms with van der Waals surface area (Å²) >= 11 is 0. The van der Waals surface area contributed by atoms with Gasteiger partial charge in [0.2, 0.25) is 0 Å². The van der Waals surface area contributed by atoms with Gasteiger partial charge in [0.05, 0.1) is 18.1 Å². The van der Waals surface area contributed by atoms with Gasteiger partial charge in [-0.05, 0) is 13.5 Å². The fraction of sp³-hybridized carbons (Fsp3) is 1.00. The number of nitrogens with one attached hydrogen (secondary N) is 1. The molecule has 0 aromatic carbocycles. The van der Waals surface area contributed by atoms with Crippen LogP contribution in [0.5, 0.6) is 0 Å². The standard InChI is InChI=1S/C9H18F2N2O2S/c1-13(6-9(10)11)4-3-12-8-2-5-16(14,15)7-8/h8-9,12H,2-7H2,1H3. The molecule has 0 aromatic rings. The first-order valence-electron chi connectivity index (χ1n) is 5.29. The molecule has 1 aliphatic heterocycles. The van der Waals surface area contributed by atoms with Crippen LogP contribution in [0.4, 0.5) is 8.78 Å². The van der Waals surface area contributed by atoms with E-state index in [9.17, 15) is 17.2 Å². The Balaban J connectivity index is 2.12. The van der Waals surface area contributed by atoms with E-state index in [0.717, 1.165) is 0 Å². The molecule has 0 radical (unpaired) electrons. The Hall–Kier alpha value is -0.270. The predicted octanol–water partition coefficient (Wildman–Crippen LogP) is -0.0400. The molecular formula is C9H18F2N2O2S. The quantitative estimate of drug-likeness (QED) is 0.724. The van der Waals surface area contributed by atoms with Crippen LogP contribution in [-0.4, -0.2) is 64.0 Å². The number of sulfone groups is 1. The van der Waals surface area contributed by atoms with Gasteiger partial charge in [-0.2, -0.15) is 0 Å².